The summed E-state index contributed by atoms with van der Waals surface area (Å²) in [5.74, 6) is 1.41. The molecule has 1 unspecified atom stereocenters. The molecule has 0 amide bonds. The van der Waals surface area contributed by atoms with Crippen LogP contribution >= 0.6 is 27.5 Å². The lowest BCUT2D eigenvalue weighted by Gasteiger charge is -2.16. The van der Waals surface area contributed by atoms with Crippen LogP contribution < -0.4 is 9.47 Å². The van der Waals surface area contributed by atoms with Crippen LogP contribution in [0.5, 0.6) is 11.5 Å². The quantitative estimate of drug-likeness (QED) is 0.667. The van der Waals surface area contributed by atoms with Gasteiger partial charge in [-0.2, -0.15) is 0 Å². The predicted octanol–water partition coefficient (Wildman–Crippen LogP) is 5.17. The van der Waals surface area contributed by atoms with E-state index in [1.54, 1.807) is 12.5 Å². The second-order valence-corrected chi connectivity index (χ2v) is 5.40. The smallest absolute Gasteiger partial charge is 0.162 e. The van der Waals surface area contributed by atoms with E-state index >= 15 is 0 Å². The lowest BCUT2D eigenvalue weighted by Crippen LogP contribution is -2.01. The van der Waals surface area contributed by atoms with E-state index in [0.29, 0.717) is 24.7 Å². The maximum atomic E-state index is 6.49. The molecule has 0 aliphatic carbocycles. The van der Waals surface area contributed by atoms with Crippen molar-refractivity contribution >= 4 is 27.5 Å². The average Bonchev–Trinajstić information content (AvgIpc) is 2.95. The maximum absolute atomic E-state index is 6.49. The van der Waals surface area contributed by atoms with Gasteiger partial charge in [-0.05, 0) is 37.6 Å². The van der Waals surface area contributed by atoms with Gasteiger partial charge in [-0.3, -0.25) is 0 Å². The SMILES string of the molecule is CCOc1cc(Br)c(C(Cl)c2ccoc2)cc1OCC. The molecular weight excluding hydrogens is 344 g/mol. The molecule has 0 aliphatic rings. The number of hydrogen-bond donors (Lipinski definition) is 0. The molecule has 2 aromatic rings. The predicted molar refractivity (Wildman–Crippen MR) is 82.9 cm³/mol. The van der Waals surface area contributed by atoms with Gasteiger partial charge in [0.05, 0.1) is 31.1 Å². The standard InChI is InChI=1S/C15H16BrClO3/c1-3-19-13-7-11(12(16)8-14(13)20-4-2)15(17)10-5-6-18-9-10/h5-9,15H,3-4H2,1-2H3. The molecule has 5 heteroatoms. The second-order valence-electron chi connectivity index (χ2n) is 4.11. The molecule has 0 fully saturated rings. The monoisotopic (exact) mass is 358 g/mol. The molecular formula is C15H16BrClO3. The molecule has 0 bridgehead atoms. The van der Waals surface area contributed by atoms with Crippen molar-refractivity contribution < 1.29 is 13.9 Å². The zero-order chi connectivity index (χ0) is 14.5. The molecule has 3 nitrogen and oxygen atoms in total. The zero-order valence-electron chi connectivity index (χ0n) is 11.4. The largest absolute Gasteiger partial charge is 0.490 e. The maximum Gasteiger partial charge on any atom is 0.162 e. The summed E-state index contributed by atoms with van der Waals surface area (Å²) >= 11 is 10.0. The van der Waals surface area contributed by atoms with E-state index in [-0.39, 0.29) is 5.38 Å². The Morgan fingerprint density at radius 1 is 1.20 bits per heavy atom. The molecule has 0 aliphatic heterocycles. The van der Waals surface area contributed by atoms with Crippen molar-refractivity contribution in [2.75, 3.05) is 13.2 Å². The highest BCUT2D eigenvalue weighted by Gasteiger charge is 2.19. The molecule has 20 heavy (non-hydrogen) atoms. The Hall–Kier alpha value is -1.13. The molecule has 0 radical (unpaired) electrons. The van der Waals surface area contributed by atoms with Crippen molar-refractivity contribution in [3.05, 3.63) is 46.3 Å². The minimum Gasteiger partial charge on any atom is -0.490 e. The Morgan fingerprint density at radius 2 is 1.85 bits per heavy atom. The van der Waals surface area contributed by atoms with Gasteiger partial charge >= 0.3 is 0 Å². The van der Waals surface area contributed by atoms with Crippen molar-refractivity contribution in [2.45, 2.75) is 19.2 Å². The molecule has 1 atom stereocenters. The number of hydrogen-bond acceptors (Lipinski definition) is 3. The Labute approximate surface area is 132 Å². The van der Waals surface area contributed by atoms with Crippen LogP contribution in [-0.4, -0.2) is 13.2 Å². The third-order valence-corrected chi connectivity index (χ3v) is 3.95. The van der Waals surface area contributed by atoms with Crippen LogP contribution in [0.15, 0.2) is 39.6 Å². The van der Waals surface area contributed by atoms with E-state index < -0.39 is 0 Å². The number of alkyl halides is 1. The minimum atomic E-state index is -0.307. The second kappa shape index (κ2) is 7.04. The van der Waals surface area contributed by atoms with Crippen LogP contribution in [0.25, 0.3) is 0 Å². The van der Waals surface area contributed by atoms with E-state index in [2.05, 4.69) is 15.9 Å². The Kier molecular flexibility index (Phi) is 5.38. The summed E-state index contributed by atoms with van der Waals surface area (Å²) in [5.41, 5.74) is 1.82. The van der Waals surface area contributed by atoms with Crippen LogP contribution in [0.2, 0.25) is 0 Å². The van der Waals surface area contributed by atoms with Gasteiger partial charge in [0.15, 0.2) is 11.5 Å². The fraction of sp³-hybridized carbons (Fsp3) is 0.333. The Morgan fingerprint density at radius 3 is 2.40 bits per heavy atom. The van der Waals surface area contributed by atoms with E-state index in [1.165, 1.54) is 0 Å². The molecule has 108 valence electrons. The first-order chi connectivity index (χ1) is 9.67. The summed E-state index contributed by atoms with van der Waals surface area (Å²) in [5, 5.41) is -0.307. The topological polar surface area (TPSA) is 31.6 Å². The van der Waals surface area contributed by atoms with Crippen molar-refractivity contribution in [1.29, 1.82) is 0 Å². The number of furan rings is 1. The molecule has 0 spiro atoms. The Bertz CT molecular complexity index is 554. The Balaban J connectivity index is 2.40. The van der Waals surface area contributed by atoms with Gasteiger partial charge in [0.25, 0.3) is 0 Å². The number of halogens is 2. The van der Waals surface area contributed by atoms with Crippen molar-refractivity contribution in [3.63, 3.8) is 0 Å². The van der Waals surface area contributed by atoms with Gasteiger partial charge in [-0.1, -0.05) is 15.9 Å². The first kappa shape index (κ1) is 15.3. The van der Waals surface area contributed by atoms with Gasteiger partial charge in [-0.25, -0.2) is 0 Å². The van der Waals surface area contributed by atoms with Crippen LogP contribution in [0, 0.1) is 0 Å². The van der Waals surface area contributed by atoms with E-state index in [1.807, 2.05) is 32.0 Å². The normalized spacial score (nSPS) is 12.2. The van der Waals surface area contributed by atoms with Crippen LogP contribution in [0.1, 0.15) is 30.4 Å². The number of ether oxygens (including phenoxy) is 2. The summed E-state index contributed by atoms with van der Waals surface area (Å²) in [6.07, 6.45) is 3.25. The van der Waals surface area contributed by atoms with Gasteiger partial charge < -0.3 is 13.9 Å². The summed E-state index contributed by atoms with van der Waals surface area (Å²) in [6, 6.07) is 5.64. The minimum absolute atomic E-state index is 0.307. The summed E-state index contributed by atoms with van der Waals surface area (Å²) in [6.45, 7) is 5.02. The summed E-state index contributed by atoms with van der Waals surface area (Å²) in [4.78, 5) is 0. The highest BCUT2D eigenvalue weighted by molar-refractivity contribution is 9.10. The van der Waals surface area contributed by atoms with Gasteiger partial charge in [0, 0.05) is 10.0 Å². The van der Waals surface area contributed by atoms with Gasteiger partial charge in [0.2, 0.25) is 0 Å². The van der Waals surface area contributed by atoms with Crippen LogP contribution in [0.3, 0.4) is 0 Å². The van der Waals surface area contributed by atoms with Crippen molar-refractivity contribution in [1.82, 2.24) is 0 Å². The number of rotatable bonds is 6. The van der Waals surface area contributed by atoms with E-state index in [4.69, 9.17) is 25.5 Å². The molecule has 2 rings (SSSR count). The van der Waals surface area contributed by atoms with Crippen LogP contribution in [0.4, 0.5) is 0 Å². The third kappa shape index (κ3) is 3.30. The fourth-order valence-corrected chi connectivity index (χ4v) is 2.87. The zero-order valence-corrected chi connectivity index (χ0v) is 13.7. The van der Waals surface area contributed by atoms with E-state index in [0.717, 1.165) is 15.6 Å². The lowest BCUT2D eigenvalue weighted by molar-refractivity contribution is 0.287. The van der Waals surface area contributed by atoms with Crippen molar-refractivity contribution in [3.8, 4) is 11.5 Å². The third-order valence-electron chi connectivity index (χ3n) is 2.77. The van der Waals surface area contributed by atoms with Gasteiger partial charge in [-0.15, -0.1) is 11.6 Å². The first-order valence-electron chi connectivity index (χ1n) is 6.42. The molecule has 0 saturated heterocycles. The molecule has 0 N–H and O–H groups in total. The van der Waals surface area contributed by atoms with Gasteiger partial charge in [0.1, 0.15) is 0 Å². The first-order valence-corrected chi connectivity index (χ1v) is 7.65. The molecule has 1 heterocycles. The molecule has 1 aromatic carbocycles. The highest BCUT2D eigenvalue weighted by Crippen LogP contribution is 2.40. The van der Waals surface area contributed by atoms with E-state index in [9.17, 15) is 0 Å². The average molecular weight is 360 g/mol. The summed E-state index contributed by atoms with van der Waals surface area (Å²) < 4.78 is 17.2. The number of benzene rings is 1. The highest BCUT2D eigenvalue weighted by atomic mass is 79.9. The fourth-order valence-electron chi connectivity index (χ4n) is 1.88. The van der Waals surface area contributed by atoms with Crippen molar-refractivity contribution in [2.24, 2.45) is 0 Å². The summed E-state index contributed by atoms with van der Waals surface area (Å²) in [7, 11) is 0. The molecule has 1 aromatic heterocycles. The van der Waals surface area contributed by atoms with Crippen LogP contribution in [-0.2, 0) is 0 Å². The molecule has 0 saturated carbocycles. The lowest BCUT2D eigenvalue weighted by atomic mass is 10.1.